The van der Waals surface area contributed by atoms with Crippen LogP contribution in [0.2, 0.25) is 0 Å². The minimum Gasteiger partial charge on any atom is -0.423 e. The van der Waals surface area contributed by atoms with Gasteiger partial charge in [-0.1, -0.05) is 32.0 Å². The minimum absolute atomic E-state index is 0.0266. The van der Waals surface area contributed by atoms with Gasteiger partial charge in [-0.3, -0.25) is 4.79 Å². The number of rotatable bonds is 5. The van der Waals surface area contributed by atoms with Gasteiger partial charge in [-0.2, -0.15) is 4.98 Å². The summed E-state index contributed by atoms with van der Waals surface area (Å²) in [4.78, 5) is 16.2. The number of Topliss-reactive ketones (excluding diaryl/α,β-unsaturated/α-hetero) is 1. The number of oxazole rings is 1. The molecule has 0 fully saturated rings. The fourth-order valence-electron chi connectivity index (χ4n) is 2.26. The summed E-state index contributed by atoms with van der Waals surface area (Å²) in [5.74, 6) is 0.234. The lowest BCUT2D eigenvalue weighted by Crippen LogP contribution is -2.09. The molecular formula is C18H19N3O2. The predicted molar refractivity (Wildman–Crippen MR) is 91.7 cm³/mol. The van der Waals surface area contributed by atoms with Crippen LogP contribution in [0.1, 0.15) is 19.4 Å². The molecule has 118 valence electrons. The van der Waals surface area contributed by atoms with Gasteiger partial charge < -0.3 is 15.5 Å². The van der Waals surface area contributed by atoms with Crippen LogP contribution in [0.3, 0.4) is 0 Å². The number of hydrogen-bond donors (Lipinski definition) is 2. The summed E-state index contributed by atoms with van der Waals surface area (Å²) in [6.07, 6.45) is 0.405. The summed E-state index contributed by atoms with van der Waals surface area (Å²) in [6.45, 7) is 3.81. The summed E-state index contributed by atoms with van der Waals surface area (Å²) in [5, 5.41) is 3.07. The van der Waals surface area contributed by atoms with Crippen LogP contribution < -0.4 is 11.1 Å². The van der Waals surface area contributed by atoms with Gasteiger partial charge in [-0.05, 0) is 29.8 Å². The first-order valence-electron chi connectivity index (χ1n) is 7.56. The lowest BCUT2D eigenvalue weighted by molar-refractivity contribution is -0.121. The Bertz CT molecular complexity index is 852. The van der Waals surface area contributed by atoms with Gasteiger partial charge in [0.25, 0.3) is 6.01 Å². The van der Waals surface area contributed by atoms with E-state index in [2.05, 4.69) is 10.3 Å². The standard InChI is InChI=1S/C18H19N3O2/c1-11(2)16(22)9-12-7-8-15-17(10-12)23-18(21-15)20-14-6-4-3-5-13(14)19/h3-8,10-11H,9,19H2,1-2H3,(H,20,21). The number of para-hydroxylation sites is 2. The third-order valence-electron chi connectivity index (χ3n) is 3.68. The van der Waals surface area contributed by atoms with Gasteiger partial charge >= 0.3 is 0 Å². The number of benzene rings is 2. The van der Waals surface area contributed by atoms with Gasteiger partial charge in [0, 0.05) is 12.3 Å². The highest BCUT2D eigenvalue weighted by Gasteiger charge is 2.11. The summed E-state index contributed by atoms with van der Waals surface area (Å²) in [6, 6.07) is 13.4. The van der Waals surface area contributed by atoms with Gasteiger partial charge in [0.15, 0.2) is 5.58 Å². The molecule has 3 rings (SSSR count). The number of nitrogens with zero attached hydrogens (tertiary/aromatic N) is 1. The maximum atomic E-state index is 11.9. The summed E-state index contributed by atoms with van der Waals surface area (Å²) in [7, 11) is 0. The molecule has 0 radical (unpaired) electrons. The smallest absolute Gasteiger partial charge is 0.300 e. The zero-order valence-corrected chi connectivity index (χ0v) is 13.2. The van der Waals surface area contributed by atoms with Crippen LogP contribution in [0.15, 0.2) is 46.9 Å². The number of ketones is 1. The lowest BCUT2D eigenvalue weighted by atomic mass is 10.0. The van der Waals surface area contributed by atoms with E-state index >= 15 is 0 Å². The van der Waals surface area contributed by atoms with Gasteiger partial charge in [0.1, 0.15) is 11.3 Å². The second-order valence-electron chi connectivity index (χ2n) is 5.83. The number of hydrogen-bond acceptors (Lipinski definition) is 5. The highest BCUT2D eigenvalue weighted by Crippen LogP contribution is 2.26. The molecular weight excluding hydrogens is 290 g/mol. The first kappa shape index (κ1) is 15.1. The van der Waals surface area contributed by atoms with Crippen LogP contribution >= 0.6 is 0 Å². The quantitative estimate of drug-likeness (QED) is 0.698. The third kappa shape index (κ3) is 3.34. The van der Waals surface area contributed by atoms with Crippen LogP contribution in [0.4, 0.5) is 17.4 Å². The average Bonchev–Trinajstić information content (AvgIpc) is 2.91. The molecule has 3 N–H and O–H groups in total. The second kappa shape index (κ2) is 6.12. The fraction of sp³-hybridized carbons (Fsp3) is 0.222. The van der Waals surface area contributed by atoms with E-state index in [0.717, 1.165) is 16.8 Å². The Labute approximate surface area is 134 Å². The molecule has 0 unspecified atom stereocenters. The van der Waals surface area contributed by atoms with Crippen molar-refractivity contribution in [1.29, 1.82) is 0 Å². The molecule has 0 spiro atoms. The van der Waals surface area contributed by atoms with Crippen LogP contribution in [0, 0.1) is 5.92 Å². The number of nitrogen functional groups attached to an aromatic ring is 1. The molecule has 0 aliphatic heterocycles. The maximum absolute atomic E-state index is 11.9. The van der Waals surface area contributed by atoms with Gasteiger partial charge in [0.05, 0.1) is 11.4 Å². The Morgan fingerprint density at radius 3 is 2.78 bits per heavy atom. The Balaban J connectivity index is 1.85. The van der Waals surface area contributed by atoms with Crippen molar-refractivity contribution in [2.45, 2.75) is 20.3 Å². The van der Waals surface area contributed by atoms with E-state index in [-0.39, 0.29) is 11.7 Å². The summed E-state index contributed by atoms with van der Waals surface area (Å²) >= 11 is 0. The molecule has 0 atom stereocenters. The molecule has 1 heterocycles. The van der Waals surface area contributed by atoms with Crippen molar-refractivity contribution in [2.24, 2.45) is 5.92 Å². The van der Waals surface area contributed by atoms with Crippen molar-refractivity contribution in [3.05, 3.63) is 48.0 Å². The number of nitrogens with two attached hydrogens (primary N) is 1. The molecule has 1 aromatic heterocycles. The van der Waals surface area contributed by atoms with Gasteiger partial charge in [-0.25, -0.2) is 0 Å². The van der Waals surface area contributed by atoms with E-state index in [1.807, 2.05) is 50.2 Å². The van der Waals surface area contributed by atoms with Gasteiger partial charge in [0.2, 0.25) is 0 Å². The molecule has 5 heteroatoms. The number of carbonyl (C=O) groups excluding carboxylic acids is 1. The van der Waals surface area contributed by atoms with Crippen molar-refractivity contribution in [2.75, 3.05) is 11.1 Å². The summed E-state index contributed by atoms with van der Waals surface area (Å²) < 4.78 is 5.72. The van der Waals surface area contributed by atoms with Crippen LogP contribution in [0.25, 0.3) is 11.1 Å². The van der Waals surface area contributed by atoms with Crippen LogP contribution in [-0.2, 0) is 11.2 Å². The zero-order chi connectivity index (χ0) is 16.4. The van der Waals surface area contributed by atoms with E-state index in [9.17, 15) is 4.79 Å². The Morgan fingerprint density at radius 1 is 1.26 bits per heavy atom. The molecule has 0 aliphatic rings. The van der Waals surface area contributed by atoms with E-state index in [0.29, 0.717) is 23.7 Å². The third-order valence-corrected chi connectivity index (χ3v) is 3.68. The SMILES string of the molecule is CC(C)C(=O)Cc1ccc2nc(Nc3ccccc3N)oc2c1. The molecule has 2 aromatic carbocycles. The number of carbonyl (C=O) groups is 1. The minimum atomic E-state index is 0.0266. The molecule has 0 amide bonds. The largest absolute Gasteiger partial charge is 0.423 e. The van der Waals surface area contributed by atoms with Crippen molar-refractivity contribution in [3.8, 4) is 0 Å². The molecule has 5 nitrogen and oxygen atoms in total. The molecule has 0 saturated carbocycles. The van der Waals surface area contributed by atoms with E-state index in [1.165, 1.54) is 0 Å². The van der Waals surface area contributed by atoms with Crippen molar-refractivity contribution in [3.63, 3.8) is 0 Å². The van der Waals surface area contributed by atoms with E-state index < -0.39 is 0 Å². The van der Waals surface area contributed by atoms with Crippen molar-refractivity contribution in [1.82, 2.24) is 4.98 Å². The fourth-order valence-corrected chi connectivity index (χ4v) is 2.26. The van der Waals surface area contributed by atoms with E-state index in [1.54, 1.807) is 6.07 Å². The van der Waals surface area contributed by atoms with Gasteiger partial charge in [-0.15, -0.1) is 0 Å². The second-order valence-corrected chi connectivity index (χ2v) is 5.83. The topological polar surface area (TPSA) is 81.2 Å². The normalized spacial score (nSPS) is 11.1. The predicted octanol–water partition coefficient (Wildman–Crippen LogP) is 3.92. The Morgan fingerprint density at radius 2 is 2.04 bits per heavy atom. The van der Waals surface area contributed by atoms with Crippen molar-refractivity contribution < 1.29 is 9.21 Å². The highest BCUT2D eigenvalue weighted by atomic mass is 16.4. The Hall–Kier alpha value is -2.82. The number of fused-ring (bicyclic) bond motifs is 1. The number of nitrogens with one attached hydrogen (secondary N) is 1. The maximum Gasteiger partial charge on any atom is 0.300 e. The van der Waals surface area contributed by atoms with Crippen molar-refractivity contribution >= 4 is 34.3 Å². The molecule has 0 saturated heterocycles. The molecule has 23 heavy (non-hydrogen) atoms. The summed E-state index contributed by atoms with van der Waals surface area (Å²) in [5.41, 5.74) is 9.58. The lowest BCUT2D eigenvalue weighted by Gasteiger charge is -2.04. The van der Waals surface area contributed by atoms with E-state index in [4.69, 9.17) is 10.2 Å². The molecule has 0 bridgehead atoms. The molecule has 0 aliphatic carbocycles. The monoisotopic (exact) mass is 309 g/mol. The Kier molecular flexibility index (Phi) is 4.02. The van der Waals surface area contributed by atoms with Crippen LogP contribution in [-0.4, -0.2) is 10.8 Å². The first-order chi connectivity index (χ1) is 11.0. The van der Waals surface area contributed by atoms with Crippen LogP contribution in [0.5, 0.6) is 0 Å². The average molecular weight is 309 g/mol. The zero-order valence-electron chi connectivity index (χ0n) is 13.2. The number of aromatic nitrogens is 1. The number of anilines is 3. The highest BCUT2D eigenvalue weighted by molar-refractivity contribution is 5.84. The first-order valence-corrected chi connectivity index (χ1v) is 7.56. The molecule has 3 aromatic rings.